The lowest BCUT2D eigenvalue weighted by Gasteiger charge is -2.34. The van der Waals surface area contributed by atoms with Gasteiger partial charge in [0.1, 0.15) is 16.8 Å². The summed E-state index contributed by atoms with van der Waals surface area (Å²) in [6.45, 7) is 21.4. The average molecular weight is 757 g/mol. The van der Waals surface area contributed by atoms with Crippen LogP contribution in [-0.4, -0.2) is 114 Å². The number of amides is 3. The van der Waals surface area contributed by atoms with Gasteiger partial charge in [0.25, 0.3) is 0 Å². The van der Waals surface area contributed by atoms with Crippen LogP contribution in [0.4, 0.5) is 14.4 Å². The summed E-state index contributed by atoms with van der Waals surface area (Å²) in [5.41, 5.74) is -0.576. The molecule has 1 aliphatic heterocycles. The van der Waals surface area contributed by atoms with Crippen molar-refractivity contribution < 1.29 is 28.6 Å². The van der Waals surface area contributed by atoms with Gasteiger partial charge in [0.2, 0.25) is 0 Å². The van der Waals surface area contributed by atoms with Crippen LogP contribution in [0, 0.1) is 0 Å². The second-order valence-corrected chi connectivity index (χ2v) is 18.0. The lowest BCUT2D eigenvalue weighted by molar-refractivity contribution is 0.0102. The highest BCUT2D eigenvalue weighted by molar-refractivity contribution is 6.23. The summed E-state index contributed by atoms with van der Waals surface area (Å²) >= 11 is 0. The number of unbranched alkanes of at least 4 members (excludes halogenated alkanes) is 1. The fourth-order valence-corrected chi connectivity index (χ4v) is 7.30. The van der Waals surface area contributed by atoms with Crippen LogP contribution in [0.15, 0.2) is 54.6 Å². The summed E-state index contributed by atoms with van der Waals surface area (Å²) in [7, 11) is 0. The van der Waals surface area contributed by atoms with Gasteiger partial charge in [-0.1, -0.05) is 54.6 Å². The van der Waals surface area contributed by atoms with Crippen molar-refractivity contribution >= 4 is 50.6 Å². The first-order chi connectivity index (χ1) is 25.9. The number of hydrogen-bond donors (Lipinski definition) is 0. The fourth-order valence-electron chi connectivity index (χ4n) is 7.30. The van der Waals surface area contributed by atoms with E-state index >= 15 is 0 Å². The van der Waals surface area contributed by atoms with Crippen molar-refractivity contribution in [2.45, 2.75) is 111 Å². The van der Waals surface area contributed by atoms with E-state index in [-0.39, 0.29) is 18.7 Å². The van der Waals surface area contributed by atoms with E-state index < -0.39 is 22.9 Å². The van der Waals surface area contributed by atoms with Crippen molar-refractivity contribution in [1.82, 2.24) is 19.6 Å². The monoisotopic (exact) mass is 756 g/mol. The number of benzene rings is 4. The van der Waals surface area contributed by atoms with Crippen LogP contribution < -0.4 is 0 Å². The van der Waals surface area contributed by atoms with E-state index in [1.807, 2.05) is 62.3 Å². The van der Waals surface area contributed by atoms with E-state index in [1.165, 1.54) is 37.9 Å². The molecule has 0 atom stereocenters. The summed E-state index contributed by atoms with van der Waals surface area (Å²) in [4.78, 5) is 47.7. The predicted molar refractivity (Wildman–Crippen MR) is 222 cm³/mol. The molecular weight excluding hydrogens is 693 g/mol. The molecule has 0 aliphatic carbocycles. The topological polar surface area (TPSA) is 91.9 Å². The number of ether oxygens (including phenoxy) is 3. The van der Waals surface area contributed by atoms with Crippen LogP contribution >= 0.6 is 0 Å². The predicted octanol–water partition coefficient (Wildman–Crippen LogP) is 9.71. The van der Waals surface area contributed by atoms with Crippen molar-refractivity contribution in [1.29, 1.82) is 0 Å². The van der Waals surface area contributed by atoms with E-state index in [2.05, 4.69) is 59.5 Å². The molecule has 0 saturated carbocycles. The Morgan fingerprint density at radius 1 is 0.509 bits per heavy atom. The third-order valence-corrected chi connectivity index (χ3v) is 9.83. The van der Waals surface area contributed by atoms with Gasteiger partial charge in [-0.15, -0.1) is 0 Å². The van der Waals surface area contributed by atoms with Crippen molar-refractivity contribution in [2.75, 3.05) is 58.9 Å². The van der Waals surface area contributed by atoms with Crippen LogP contribution in [0.2, 0.25) is 0 Å². The molecule has 0 spiro atoms. The summed E-state index contributed by atoms with van der Waals surface area (Å²) < 4.78 is 17.4. The van der Waals surface area contributed by atoms with E-state index in [0.29, 0.717) is 52.1 Å². The summed E-state index contributed by atoms with van der Waals surface area (Å²) in [6, 6.07) is 20.1. The first-order valence-corrected chi connectivity index (χ1v) is 20.2. The molecule has 3 amide bonds. The van der Waals surface area contributed by atoms with Gasteiger partial charge < -0.3 is 33.8 Å². The Morgan fingerprint density at radius 3 is 1.45 bits per heavy atom. The zero-order valence-corrected chi connectivity index (χ0v) is 34.8. The molecule has 1 heterocycles. The van der Waals surface area contributed by atoms with Gasteiger partial charge in [0.05, 0.1) is 0 Å². The molecule has 300 valence electrons. The second-order valence-electron chi connectivity index (χ2n) is 18.0. The highest BCUT2D eigenvalue weighted by Gasteiger charge is 2.28. The summed E-state index contributed by atoms with van der Waals surface area (Å²) in [5, 5.41) is 7.87. The molecule has 5 rings (SSSR count). The zero-order valence-electron chi connectivity index (χ0n) is 34.8. The number of nitrogens with zero attached hydrogens (tertiary/aromatic N) is 4. The van der Waals surface area contributed by atoms with Crippen LogP contribution in [0.25, 0.3) is 32.3 Å². The zero-order chi connectivity index (χ0) is 40.0. The van der Waals surface area contributed by atoms with Gasteiger partial charge in [-0.25, -0.2) is 14.4 Å². The Bertz CT molecular complexity index is 1890. The van der Waals surface area contributed by atoms with Crippen molar-refractivity contribution in [3.63, 3.8) is 0 Å². The number of carbonyl (C=O) groups is 3. The van der Waals surface area contributed by atoms with Crippen LogP contribution in [0.3, 0.4) is 0 Å². The van der Waals surface area contributed by atoms with Crippen LogP contribution in [0.5, 0.6) is 0 Å². The molecule has 0 N–H and O–H groups in total. The maximum absolute atomic E-state index is 13.5. The second kappa shape index (κ2) is 17.7. The van der Waals surface area contributed by atoms with E-state index in [9.17, 15) is 14.4 Å². The number of aryl methyl sites for hydroxylation is 1. The largest absolute Gasteiger partial charge is 0.444 e. The van der Waals surface area contributed by atoms with Gasteiger partial charge >= 0.3 is 18.3 Å². The Kier molecular flexibility index (Phi) is 13.4. The molecule has 1 aliphatic rings. The molecular formula is C45H64N4O6. The third kappa shape index (κ3) is 12.1. The average Bonchev–Trinajstić information content (AvgIpc) is 3.08. The molecule has 4 aromatic rings. The van der Waals surface area contributed by atoms with Crippen molar-refractivity contribution in [2.24, 2.45) is 0 Å². The molecule has 0 unspecified atom stereocenters. The number of hydrogen-bond acceptors (Lipinski definition) is 7. The Hall–Kier alpha value is -4.31. The quantitative estimate of drug-likeness (QED) is 0.114. The molecule has 0 radical (unpaired) electrons. The minimum atomic E-state index is -0.672. The molecule has 1 saturated heterocycles. The first kappa shape index (κ1) is 41.8. The minimum absolute atomic E-state index is 0.285. The molecule has 0 aromatic heterocycles. The van der Waals surface area contributed by atoms with Gasteiger partial charge in [0.15, 0.2) is 0 Å². The van der Waals surface area contributed by atoms with Gasteiger partial charge in [0, 0.05) is 45.8 Å². The van der Waals surface area contributed by atoms with Gasteiger partial charge in [-0.05, 0) is 145 Å². The normalized spacial score (nSPS) is 16.4. The lowest BCUT2D eigenvalue weighted by atomic mass is 9.90. The molecule has 4 aromatic carbocycles. The molecule has 10 heteroatoms. The molecule has 1 fully saturated rings. The number of rotatable bonds is 5. The SMILES string of the molecule is CC(C)(C)OC(=O)N1CCCN(C(=O)OC(C)(C)C)CCN(C(=O)OC(C)(C)C)CCCN(CCCCc2ccc3ccc4cccc5ccc2c3c45)CC1. The highest BCUT2D eigenvalue weighted by Crippen LogP contribution is 2.36. The van der Waals surface area contributed by atoms with Gasteiger partial charge in [-0.3, -0.25) is 0 Å². The first-order valence-electron chi connectivity index (χ1n) is 20.2. The van der Waals surface area contributed by atoms with Crippen LogP contribution in [0.1, 0.15) is 93.6 Å². The maximum Gasteiger partial charge on any atom is 0.410 e. The standard InChI is InChI=1S/C45H64N4O6/c1-43(2,3)53-40(50)47-27-14-28-49(42(52)55-45(7,8)9)32-31-48(41(51)54-44(4,5)6)26-13-25-46(29-30-47)24-11-10-15-33-18-19-36-21-20-34-16-12-17-35-22-23-37(33)39(36)38(34)35/h12,16-23H,10-11,13-15,24-32H2,1-9H3. The summed E-state index contributed by atoms with van der Waals surface area (Å²) in [5.74, 6) is 0. The lowest BCUT2D eigenvalue weighted by Crippen LogP contribution is -2.47. The maximum atomic E-state index is 13.5. The highest BCUT2D eigenvalue weighted by atomic mass is 16.6. The summed E-state index contributed by atoms with van der Waals surface area (Å²) in [6.07, 6.45) is 3.06. The van der Waals surface area contributed by atoms with E-state index in [0.717, 1.165) is 32.4 Å². The van der Waals surface area contributed by atoms with E-state index in [1.54, 1.807) is 14.7 Å². The third-order valence-electron chi connectivity index (χ3n) is 9.83. The fraction of sp³-hybridized carbons (Fsp3) is 0.578. The molecule has 55 heavy (non-hydrogen) atoms. The van der Waals surface area contributed by atoms with Gasteiger partial charge in [-0.2, -0.15) is 0 Å². The molecule has 0 bridgehead atoms. The Morgan fingerprint density at radius 2 is 0.945 bits per heavy atom. The minimum Gasteiger partial charge on any atom is -0.444 e. The Labute approximate surface area is 328 Å². The van der Waals surface area contributed by atoms with E-state index in [4.69, 9.17) is 14.2 Å². The van der Waals surface area contributed by atoms with Crippen LogP contribution in [-0.2, 0) is 20.6 Å². The van der Waals surface area contributed by atoms with Crippen molar-refractivity contribution in [3.8, 4) is 0 Å². The smallest absolute Gasteiger partial charge is 0.410 e. The van der Waals surface area contributed by atoms with Crippen molar-refractivity contribution in [3.05, 3.63) is 60.2 Å². The number of carbonyl (C=O) groups excluding carboxylic acids is 3. The molecule has 10 nitrogen and oxygen atoms in total. The Balaban J connectivity index is 1.30.